The zero-order valence-corrected chi connectivity index (χ0v) is 16.6. The van der Waals surface area contributed by atoms with Gasteiger partial charge in [-0.25, -0.2) is 4.79 Å². The van der Waals surface area contributed by atoms with Crippen molar-refractivity contribution in [1.82, 2.24) is 0 Å². The van der Waals surface area contributed by atoms with Crippen LogP contribution in [-0.2, 0) is 16.0 Å². The van der Waals surface area contributed by atoms with Crippen LogP contribution >= 0.6 is 0 Å². The molecule has 0 aliphatic carbocycles. The van der Waals surface area contributed by atoms with Crippen LogP contribution in [0.15, 0.2) is 54.6 Å². The molecule has 5 heteroatoms. The van der Waals surface area contributed by atoms with Crippen LogP contribution in [0.5, 0.6) is 5.75 Å². The van der Waals surface area contributed by atoms with E-state index in [0.29, 0.717) is 17.4 Å². The predicted molar refractivity (Wildman–Crippen MR) is 110 cm³/mol. The third-order valence-electron chi connectivity index (χ3n) is 5.05. The lowest BCUT2D eigenvalue weighted by Crippen LogP contribution is -2.25. The molecule has 2 aromatic carbocycles. The van der Waals surface area contributed by atoms with Gasteiger partial charge in [-0.05, 0) is 55.2 Å². The molecule has 5 nitrogen and oxygen atoms in total. The van der Waals surface area contributed by atoms with Crippen molar-refractivity contribution in [2.75, 3.05) is 25.2 Å². The lowest BCUT2D eigenvalue weighted by atomic mass is 9.98. The van der Waals surface area contributed by atoms with Crippen LogP contribution in [0, 0.1) is 6.92 Å². The van der Waals surface area contributed by atoms with Crippen molar-refractivity contribution in [3.05, 3.63) is 71.3 Å². The summed E-state index contributed by atoms with van der Waals surface area (Å²) in [5, 5.41) is 9.93. The highest BCUT2D eigenvalue weighted by Gasteiger charge is 2.28. The van der Waals surface area contributed by atoms with Crippen LogP contribution in [0.1, 0.15) is 29.7 Å². The molecule has 2 unspecified atom stereocenters. The number of rotatable bonds is 7. The molecular weight excluding hydrogens is 354 g/mol. The minimum absolute atomic E-state index is 0.0526. The van der Waals surface area contributed by atoms with Gasteiger partial charge in [0.25, 0.3) is 0 Å². The molecule has 2 aromatic rings. The van der Waals surface area contributed by atoms with E-state index in [1.807, 2.05) is 12.1 Å². The summed E-state index contributed by atoms with van der Waals surface area (Å²) in [6, 6.07) is 14.8. The van der Waals surface area contributed by atoms with Gasteiger partial charge < -0.3 is 19.5 Å². The molecule has 1 aliphatic heterocycles. The molecule has 1 aliphatic rings. The van der Waals surface area contributed by atoms with Crippen molar-refractivity contribution in [2.45, 2.75) is 32.4 Å². The van der Waals surface area contributed by atoms with E-state index in [4.69, 9.17) is 9.47 Å². The first-order valence-corrected chi connectivity index (χ1v) is 9.41. The maximum atomic E-state index is 11.4. The topological polar surface area (TPSA) is 59.0 Å². The van der Waals surface area contributed by atoms with Crippen molar-refractivity contribution >= 4 is 11.7 Å². The number of carbonyl (C=O) groups is 1. The maximum Gasteiger partial charge on any atom is 0.333 e. The number of aryl methyl sites for hydroxylation is 1. The Balaban J connectivity index is 1.59. The largest absolute Gasteiger partial charge is 0.491 e. The SMILES string of the molecule is C=C(C)C(=O)OCC(O)COc1ccc(C2Cc3ccccc3N2C)c(C)c1. The van der Waals surface area contributed by atoms with Crippen LogP contribution in [-0.4, -0.2) is 37.4 Å². The van der Waals surface area contributed by atoms with Crippen molar-refractivity contribution in [3.8, 4) is 5.75 Å². The number of benzene rings is 2. The molecule has 0 saturated carbocycles. The molecule has 28 heavy (non-hydrogen) atoms. The average Bonchev–Trinajstić information content (AvgIpc) is 3.01. The van der Waals surface area contributed by atoms with Crippen molar-refractivity contribution < 1.29 is 19.4 Å². The molecule has 0 radical (unpaired) electrons. The van der Waals surface area contributed by atoms with E-state index in [9.17, 15) is 9.90 Å². The molecule has 3 rings (SSSR count). The van der Waals surface area contributed by atoms with E-state index in [2.05, 4.69) is 55.8 Å². The number of ether oxygens (including phenoxy) is 2. The molecule has 0 fully saturated rings. The van der Waals surface area contributed by atoms with Crippen molar-refractivity contribution in [3.63, 3.8) is 0 Å². The molecular formula is C23H27NO4. The smallest absolute Gasteiger partial charge is 0.333 e. The lowest BCUT2D eigenvalue weighted by molar-refractivity contribution is -0.142. The first kappa shape index (κ1) is 20.0. The Bertz CT molecular complexity index is 877. The summed E-state index contributed by atoms with van der Waals surface area (Å²) in [7, 11) is 2.13. The van der Waals surface area contributed by atoms with Gasteiger partial charge in [0.15, 0.2) is 0 Å². The Labute approximate surface area is 166 Å². The molecule has 0 aromatic heterocycles. The minimum Gasteiger partial charge on any atom is -0.491 e. The number of hydrogen-bond donors (Lipinski definition) is 1. The summed E-state index contributed by atoms with van der Waals surface area (Å²) in [6.07, 6.45) is 0.0966. The predicted octanol–water partition coefficient (Wildman–Crippen LogP) is 3.59. The van der Waals surface area contributed by atoms with Crippen molar-refractivity contribution in [1.29, 1.82) is 0 Å². The summed E-state index contributed by atoms with van der Waals surface area (Å²) < 4.78 is 10.6. The Hall–Kier alpha value is -2.79. The summed E-state index contributed by atoms with van der Waals surface area (Å²) >= 11 is 0. The number of anilines is 1. The number of carbonyl (C=O) groups excluding carboxylic acids is 1. The van der Waals surface area contributed by atoms with Crippen LogP contribution in [0.25, 0.3) is 0 Å². The fraction of sp³-hybridized carbons (Fsp3) is 0.348. The van der Waals surface area contributed by atoms with Crippen molar-refractivity contribution in [2.24, 2.45) is 0 Å². The molecule has 0 amide bonds. The number of esters is 1. The highest BCUT2D eigenvalue weighted by Crippen LogP contribution is 2.40. The third kappa shape index (κ3) is 4.37. The van der Waals surface area contributed by atoms with E-state index in [0.717, 1.165) is 12.0 Å². The Kier molecular flexibility index (Phi) is 6.05. The second-order valence-electron chi connectivity index (χ2n) is 7.32. The number of aliphatic hydroxyl groups is 1. The monoisotopic (exact) mass is 381 g/mol. The summed E-state index contributed by atoms with van der Waals surface area (Å²) in [4.78, 5) is 13.7. The van der Waals surface area contributed by atoms with Crippen LogP contribution in [0.4, 0.5) is 5.69 Å². The molecule has 1 N–H and O–H groups in total. The Morgan fingerprint density at radius 3 is 2.71 bits per heavy atom. The Morgan fingerprint density at radius 1 is 1.29 bits per heavy atom. The summed E-state index contributed by atoms with van der Waals surface area (Å²) in [5.74, 6) is 0.172. The summed E-state index contributed by atoms with van der Waals surface area (Å²) in [5.41, 5.74) is 5.35. The molecule has 148 valence electrons. The fourth-order valence-corrected chi connectivity index (χ4v) is 3.51. The van der Waals surface area contributed by atoms with Gasteiger partial charge in [-0.1, -0.05) is 30.8 Å². The normalized spacial score (nSPS) is 16.4. The second kappa shape index (κ2) is 8.48. The Morgan fingerprint density at radius 2 is 2.04 bits per heavy atom. The maximum absolute atomic E-state index is 11.4. The van der Waals surface area contributed by atoms with E-state index < -0.39 is 12.1 Å². The first-order chi connectivity index (χ1) is 13.4. The van der Waals surface area contributed by atoms with E-state index >= 15 is 0 Å². The van der Waals surface area contributed by atoms with Gasteiger partial charge in [0.1, 0.15) is 25.1 Å². The quantitative estimate of drug-likeness (QED) is 0.587. The third-order valence-corrected chi connectivity index (χ3v) is 5.05. The molecule has 0 bridgehead atoms. The van der Waals surface area contributed by atoms with Gasteiger partial charge in [-0.3, -0.25) is 0 Å². The lowest BCUT2D eigenvalue weighted by Gasteiger charge is -2.25. The molecule has 1 heterocycles. The van der Waals surface area contributed by atoms with E-state index in [1.165, 1.54) is 16.8 Å². The molecule has 0 spiro atoms. The number of nitrogens with zero attached hydrogens (tertiary/aromatic N) is 1. The molecule has 0 saturated heterocycles. The minimum atomic E-state index is -0.890. The van der Waals surface area contributed by atoms with Gasteiger partial charge in [-0.15, -0.1) is 0 Å². The van der Waals surface area contributed by atoms with Gasteiger partial charge in [-0.2, -0.15) is 0 Å². The second-order valence-corrected chi connectivity index (χ2v) is 7.32. The highest BCUT2D eigenvalue weighted by atomic mass is 16.5. The average molecular weight is 381 g/mol. The van der Waals surface area contributed by atoms with Gasteiger partial charge >= 0.3 is 5.97 Å². The zero-order chi connectivity index (χ0) is 20.3. The number of para-hydroxylation sites is 1. The molecule has 2 atom stereocenters. The van der Waals surface area contributed by atoms with Crippen LogP contribution < -0.4 is 9.64 Å². The highest BCUT2D eigenvalue weighted by molar-refractivity contribution is 5.86. The standard InChI is InChI=1S/C23H27NO4/c1-15(2)23(26)28-14-18(25)13-27-19-9-10-20(16(3)11-19)22-12-17-7-5-6-8-21(17)24(22)4/h5-11,18,22,25H,1,12-14H2,2-4H3. The number of likely N-dealkylation sites (N-methyl/N-ethyl adjacent to an activating group) is 1. The first-order valence-electron chi connectivity index (χ1n) is 9.41. The van der Waals surface area contributed by atoms with Crippen LogP contribution in [0.3, 0.4) is 0 Å². The fourth-order valence-electron chi connectivity index (χ4n) is 3.51. The number of fused-ring (bicyclic) bond motifs is 1. The number of aliphatic hydroxyl groups excluding tert-OH is 1. The van der Waals surface area contributed by atoms with E-state index in [-0.39, 0.29) is 13.2 Å². The summed E-state index contributed by atoms with van der Waals surface area (Å²) in [6.45, 7) is 7.08. The van der Waals surface area contributed by atoms with Gasteiger partial charge in [0, 0.05) is 18.3 Å². The van der Waals surface area contributed by atoms with E-state index in [1.54, 1.807) is 6.92 Å². The number of hydrogen-bond acceptors (Lipinski definition) is 5. The van der Waals surface area contributed by atoms with Gasteiger partial charge in [0.05, 0.1) is 6.04 Å². The van der Waals surface area contributed by atoms with Gasteiger partial charge in [0.2, 0.25) is 0 Å². The zero-order valence-electron chi connectivity index (χ0n) is 16.6. The van der Waals surface area contributed by atoms with Crippen LogP contribution in [0.2, 0.25) is 0 Å².